The zero-order chi connectivity index (χ0) is 13.5. The molecule has 1 atom stereocenters. The van der Waals surface area contributed by atoms with Gasteiger partial charge >= 0.3 is 0 Å². The second kappa shape index (κ2) is 4.51. The van der Waals surface area contributed by atoms with Crippen molar-refractivity contribution < 1.29 is 12.8 Å². The quantitative estimate of drug-likeness (QED) is 0.836. The number of hydrogen-bond acceptors (Lipinski definition) is 3. The number of halogens is 1. The number of rotatable bonds is 2. The van der Waals surface area contributed by atoms with E-state index in [0.29, 0.717) is 6.54 Å². The van der Waals surface area contributed by atoms with Crippen LogP contribution in [0.3, 0.4) is 0 Å². The van der Waals surface area contributed by atoms with Gasteiger partial charge in [0, 0.05) is 23.8 Å². The molecule has 0 saturated carbocycles. The lowest BCUT2D eigenvalue weighted by atomic mass is 10.2. The van der Waals surface area contributed by atoms with Gasteiger partial charge in [-0.3, -0.25) is 0 Å². The molecule has 1 aromatic rings. The molecular weight excluding hydrogens is 255 g/mol. The normalized spacial score (nSPS) is 21.4. The Morgan fingerprint density at radius 3 is 2.67 bits per heavy atom. The van der Waals surface area contributed by atoms with Crippen molar-refractivity contribution in [3.05, 3.63) is 23.5 Å². The average molecular weight is 272 g/mol. The van der Waals surface area contributed by atoms with E-state index in [9.17, 15) is 12.8 Å². The second-order valence-electron chi connectivity index (χ2n) is 4.73. The van der Waals surface area contributed by atoms with Crippen LogP contribution in [0.4, 0.5) is 10.1 Å². The van der Waals surface area contributed by atoms with Gasteiger partial charge in [0.2, 0.25) is 10.0 Å². The number of benzene rings is 1. The highest BCUT2D eigenvalue weighted by molar-refractivity contribution is 7.89. The van der Waals surface area contributed by atoms with Crippen LogP contribution in [-0.2, 0) is 10.0 Å². The number of sulfonamides is 1. The molecule has 0 radical (unpaired) electrons. The molecule has 1 heterocycles. The Kier molecular flexibility index (Phi) is 3.33. The van der Waals surface area contributed by atoms with Crippen molar-refractivity contribution in [1.82, 2.24) is 4.31 Å². The largest absolute Gasteiger partial charge is 0.399 e. The molecule has 1 unspecified atom stereocenters. The summed E-state index contributed by atoms with van der Waals surface area (Å²) in [5.41, 5.74) is 5.79. The molecule has 1 saturated heterocycles. The molecule has 0 aromatic heterocycles. The summed E-state index contributed by atoms with van der Waals surface area (Å²) in [5.74, 6) is -0.583. The molecule has 1 aromatic carbocycles. The van der Waals surface area contributed by atoms with Gasteiger partial charge in [0.05, 0.1) is 4.90 Å². The molecule has 0 spiro atoms. The van der Waals surface area contributed by atoms with E-state index in [1.54, 1.807) is 0 Å². The first-order valence-electron chi connectivity index (χ1n) is 5.91. The first-order chi connectivity index (χ1) is 8.34. The summed E-state index contributed by atoms with van der Waals surface area (Å²) in [6.07, 6.45) is 1.67. The highest BCUT2D eigenvalue weighted by atomic mass is 32.2. The van der Waals surface area contributed by atoms with Crippen LogP contribution < -0.4 is 5.73 Å². The van der Waals surface area contributed by atoms with E-state index < -0.39 is 15.8 Å². The van der Waals surface area contributed by atoms with Crippen molar-refractivity contribution in [3.63, 3.8) is 0 Å². The van der Waals surface area contributed by atoms with E-state index >= 15 is 0 Å². The van der Waals surface area contributed by atoms with Gasteiger partial charge in [-0.15, -0.1) is 0 Å². The van der Waals surface area contributed by atoms with Crippen LogP contribution in [0.5, 0.6) is 0 Å². The Labute approximate surface area is 107 Å². The predicted molar refractivity (Wildman–Crippen MR) is 68.1 cm³/mol. The Balaban J connectivity index is 2.54. The van der Waals surface area contributed by atoms with Gasteiger partial charge in [-0.1, -0.05) is 0 Å². The zero-order valence-corrected chi connectivity index (χ0v) is 11.3. The minimum atomic E-state index is -3.65. The van der Waals surface area contributed by atoms with Crippen LogP contribution in [-0.4, -0.2) is 25.3 Å². The van der Waals surface area contributed by atoms with Crippen molar-refractivity contribution in [2.45, 2.75) is 37.6 Å². The molecule has 1 fully saturated rings. The first-order valence-corrected chi connectivity index (χ1v) is 7.35. The molecule has 100 valence electrons. The highest BCUT2D eigenvalue weighted by Crippen LogP contribution is 2.29. The molecular formula is C12H17FN2O2S. The molecule has 0 amide bonds. The monoisotopic (exact) mass is 272 g/mol. The van der Waals surface area contributed by atoms with Crippen molar-refractivity contribution in [1.29, 1.82) is 0 Å². The van der Waals surface area contributed by atoms with E-state index in [-0.39, 0.29) is 22.2 Å². The lowest BCUT2D eigenvalue weighted by molar-refractivity contribution is 0.407. The molecule has 1 aliphatic rings. The van der Waals surface area contributed by atoms with Crippen LogP contribution in [0.1, 0.15) is 25.3 Å². The standard InChI is InChI=1S/C12H17FN2O2S/c1-8-4-3-5-15(8)18(16,17)12-7-10(14)6-11(13)9(12)2/h6-8H,3-5,14H2,1-2H3. The topological polar surface area (TPSA) is 63.4 Å². The number of hydrogen-bond donors (Lipinski definition) is 1. The number of nitrogens with two attached hydrogens (primary N) is 1. The lowest BCUT2D eigenvalue weighted by Crippen LogP contribution is -2.34. The number of nitrogen functional groups attached to an aromatic ring is 1. The summed E-state index contributed by atoms with van der Waals surface area (Å²) in [6.45, 7) is 3.81. The zero-order valence-electron chi connectivity index (χ0n) is 10.5. The molecule has 2 rings (SSSR count). The van der Waals surface area contributed by atoms with E-state index in [1.807, 2.05) is 6.92 Å². The molecule has 6 heteroatoms. The fraction of sp³-hybridized carbons (Fsp3) is 0.500. The van der Waals surface area contributed by atoms with E-state index in [2.05, 4.69) is 0 Å². The minimum absolute atomic E-state index is 0.0197. The van der Waals surface area contributed by atoms with Crippen molar-refractivity contribution >= 4 is 15.7 Å². The maximum absolute atomic E-state index is 13.6. The van der Waals surface area contributed by atoms with Crippen LogP contribution in [0.15, 0.2) is 17.0 Å². The van der Waals surface area contributed by atoms with Gasteiger partial charge in [0.25, 0.3) is 0 Å². The van der Waals surface area contributed by atoms with Crippen LogP contribution in [0.25, 0.3) is 0 Å². The molecule has 1 aliphatic heterocycles. The Morgan fingerprint density at radius 2 is 2.11 bits per heavy atom. The smallest absolute Gasteiger partial charge is 0.243 e. The maximum Gasteiger partial charge on any atom is 0.243 e. The van der Waals surface area contributed by atoms with Gasteiger partial charge in [0.15, 0.2) is 0 Å². The van der Waals surface area contributed by atoms with Crippen molar-refractivity contribution in [2.75, 3.05) is 12.3 Å². The number of nitrogens with zero attached hydrogens (tertiary/aromatic N) is 1. The number of anilines is 1. The fourth-order valence-corrected chi connectivity index (χ4v) is 4.30. The van der Waals surface area contributed by atoms with E-state index in [4.69, 9.17) is 5.73 Å². The lowest BCUT2D eigenvalue weighted by Gasteiger charge is -2.22. The summed E-state index contributed by atoms with van der Waals surface area (Å²) >= 11 is 0. The minimum Gasteiger partial charge on any atom is -0.399 e. The third-order valence-electron chi connectivity index (χ3n) is 3.40. The summed E-state index contributed by atoms with van der Waals surface area (Å²) in [6, 6.07) is 2.43. The summed E-state index contributed by atoms with van der Waals surface area (Å²) in [5, 5.41) is 0. The third-order valence-corrected chi connectivity index (χ3v) is 5.54. The maximum atomic E-state index is 13.6. The Morgan fingerprint density at radius 1 is 1.44 bits per heavy atom. The van der Waals surface area contributed by atoms with Crippen molar-refractivity contribution in [2.24, 2.45) is 0 Å². The van der Waals surface area contributed by atoms with Gasteiger partial charge < -0.3 is 5.73 Å². The van der Waals surface area contributed by atoms with Crippen LogP contribution in [0, 0.1) is 12.7 Å². The molecule has 0 bridgehead atoms. The Hall–Kier alpha value is -1.14. The summed E-state index contributed by atoms with van der Waals surface area (Å²) in [4.78, 5) is -0.0197. The second-order valence-corrected chi connectivity index (χ2v) is 6.59. The molecule has 18 heavy (non-hydrogen) atoms. The Bertz CT molecular complexity index is 572. The van der Waals surface area contributed by atoms with E-state index in [0.717, 1.165) is 18.9 Å². The molecule has 0 aliphatic carbocycles. The summed E-state index contributed by atoms with van der Waals surface area (Å²) in [7, 11) is -3.65. The highest BCUT2D eigenvalue weighted by Gasteiger charge is 2.34. The third kappa shape index (κ3) is 2.10. The summed E-state index contributed by atoms with van der Waals surface area (Å²) < 4.78 is 40.0. The van der Waals surface area contributed by atoms with Gasteiger partial charge in [-0.25, -0.2) is 12.8 Å². The van der Waals surface area contributed by atoms with Gasteiger partial charge in [0.1, 0.15) is 5.82 Å². The fourth-order valence-electron chi connectivity index (χ4n) is 2.33. The molecule has 4 nitrogen and oxygen atoms in total. The van der Waals surface area contributed by atoms with Gasteiger partial charge in [-0.2, -0.15) is 4.31 Å². The SMILES string of the molecule is Cc1c(F)cc(N)cc1S(=O)(=O)N1CCCC1C. The predicted octanol–water partition coefficient (Wildman–Crippen LogP) is 1.89. The van der Waals surface area contributed by atoms with Crippen molar-refractivity contribution in [3.8, 4) is 0 Å². The molecule has 2 N–H and O–H groups in total. The average Bonchev–Trinajstić information content (AvgIpc) is 2.70. The van der Waals surface area contributed by atoms with Gasteiger partial charge in [-0.05, 0) is 38.8 Å². The van der Waals surface area contributed by atoms with E-state index in [1.165, 1.54) is 17.3 Å². The first kappa shape index (κ1) is 13.3. The van der Waals surface area contributed by atoms with Crippen LogP contribution >= 0.6 is 0 Å². The van der Waals surface area contributed by atoms with Crippen LogP contribution in [0.2, 0.25) is 0 Å².